The average molecular weight is 400 g/mol. The minimum absolute atomic E-state index is 0.182. The Labute approximate surface area is 137 Å². The molecule has 0 radical (unpaired) electrons. The van der Waals surface area contributed by atoms with Gasteiger partial charge in [-0.2, -0.15) is 0 Å². The van der Waals surface area contributed by atoms with E-state index in [4.69, 9.17) is 0 Å². The number of hydrogen-bond acceptors (Lipinski definition) is 1. The Kier molecular flexibility index (Phi) is 6.23. The van der Waals surface area contributed by atoms with Gasteiger partial charge in [-0.05, 0) is 66.0 Å². The third-order valence-electron chi connectivity index (χ3n) is 3.23. The van der Waals surface area contributed by atoms with Crippen molar-refractivity contribution in [1.29, 1.82) is 0 Å². The number of halogens is 2. The summed E-state index contributed by atoms with van der Waals surface area (Å²) in [6, 6.07) is 11.0. The van der Waals surface area contributed by atoms with Crippen LogP contribution in [0.3, 0.4) is 0 Å². The SMILES string of the molecule is CC=C(CCCCI)c1ccc(-c2ccc(F)cc2)s1. The first-order valence-corrected chi connectivity index (χ1v) is 9.16. The maximum Gasteiger partial charge on any atom is 0.123 e. The zero-order valence-electron chi connectivity index (χ0n) is 11.5. The molecule has 1 aromatic carbocycles. The molecule has 0 saturated carbocycles. The number of alkyl halides is 1. The molecule has 20 heavy (non-hydrogen) atoms. The van der Waals surface area contributed by atoms with E-state index in [1.54, 1.807) is 11.3 Å². The van der Waals surface area contributed by atoms with Crippen LogP contribution in [-0.2, 0) is 0 Å². The predicted octanol–water partition coefficient (Wildman–Crippen LogP) is 6.56. The van der Waals surface area contributed by atoms with Crippen molar-refractivity contribution in [3.05, 3.63) is 53.2 Å². The Bertz CT molecular complexity index is 569. The van der Waals surface area contributed by atoms with E-state index in [1.807, 2.05) is 12.1 Å². The van der Waals surface area contributed by atoms with Crippen molar-refractivity contribution in [1.82, 2.24) is 0 Å². The Morgan fingerprint density at radius 1 is 1.15 bits per heavy atom. The summed E-state index contributed by atoms with van der Waals surface area (Å²) >= 11 is 4.22. The molecule has 106 valence electrons. The van der Waals surface area contributed by atoms with Gasteiger partial charge in [-0.15, -0.1) is 11.3 Å². The van der Waals surface area contributed by atoms with Crippen molar-refractivity contribution in [2.75, 3.05) is 4.43 Å². The Morgan fingerprint density at radius 2 is 1.90 bits per heavy atom. The van der Waals surface area contributed by atoms with Gasteiger partial charge in [0, 0.05) is 9.75 Å². The third-order valence-corrected chi connectivity index (χ3v) is 5.20. The minimum atomic E-state index is -0.182. The minimum Gasteiger partial charge on any atom is -0.207 e. The highest BCUT2D eigenvalue weighted by molar-refractivity contribution is 14.1. The summed E-state index contributed by atoms with van der Waals surface area (Å²) in [5.74, 6) is -0.182. The molecule has 0 nitrogen and oxygen atoms in total. The zero-order valence-corrected chi connectivity index (χ0v) is 14.5. The van der Waals surface area contributed by atoms with Crippen molar-refractivity contribution in [3.8, 4) is 10.4 Å². The largest absolute Gasteiger partial charge is 0.207 e. The fourth-order valence-corrected chi connectivity index (χ4v) is 3.75. The van der Waals surface area contributed by atoms with Crippen LogP contribution in [0.15, 0.2) is 42.5 Å². The van der Waals surface area contributed by atoms with Crippen LogP contribution in [0.25, 0.3) is 16.0 Å². The van der Waals surface area contributed by atoms with E-state index in [9.17, 15) is 4.39 Å². The number of rotatable bonds is 6. The first-order valence-electron chi connectivity index (χ1n) is 6.82. The van der Waals surface area contributed by atoms with Gasteiger partial charge < -0.3 is 0 Å². The predicted molar refractivity (Wildman–Crippen MR) is 96.1 cm³/mol. The van der Waals surface area contributed by atoms with Gasteiger partial charge in [0.15, 0.2) is 0 Å². The Hall–Kier alpha value is -0.680. The van der Waals surface area contributed by atoms with Gasteiger partial charge in [-0.25, -0.2) is 4.39 Å². The highest BCUT2D eigenvalue weighted by Gasteiger charge is 2.07. The second-order valence-electron chi connectivity index (χ2n) is 4.63. The van der Waals surface area contributed by atoms with Gasteiger partial charge in [-0.1, -0.05) is 40.8 Å². The normalized spacial score (nSPS) is 11.8. The van der Waals surface area contributed by atoms with E-state index in [0.717, 1.165) is 12.0 Å². The van der Waals surface area contributed by atoms with Gasteiger partial charge in [0.05, 0.1) is 0 Å². The molecule has 0 N–H and O–H groups in total. The molecule has 0 aliphatic carbocycles. The van der Waals surface area contributed by atoms with Gasteiger partial charge in [0.25, 0.3) is 0 Å². The Morgan fingerprint density at radius 3 is 2.55 bits per heavy atom. The van der Waals surface area contributed by atoms with E-state index >= 15 is 0 Å². The molecule has 1 heterocycles. The van der Waals surface area contributed by atoms with Crippen LogP contribution in [0.5, 0.6) is 0 Å². The number of unbranched alkanes of at least 4 members (excludes halogenated alkanes) is 1. The Balaban J connectivity index is 2.13. The van der Waals surface area contributed by atoms with Gasteiger partial charge >= 0.3 is 0 Å². The molecule has 0 amide bonds. The second kappa shape index (κ2) is 7.93. The number of hydrogen-bond donors (Lipinski definition) is 0. The summed E-state index contributed by atoms with van der Waals surface area (Å²) in [4.78, 5) is 2.54. The molecule has 0 aliphatic heterocycles. The lowest BCUT2D eigenvalue weighted by molar-refractivity contribution is 0.628. The van der Waals surface area contributed by atoms with Gasteiger partial charge in [-0.3, -0.25) is 0 Å². The number of benzene rings is 1. The van der Waals surface area contributed by atoms with E-state index in [-0.39, 0.29) is 5.82 Å². The molecule has 1 aromatic heterocycles. The molecule has 3 heteroatoms. The quantitative estimate of drug-likeness (QED) is 0.293. The van der Waals surface area contributed by atoms with Crippen LogP contribution in [-0.4, -0.2) is 4.43 Å². The van der Waals surface area contributed by atoms with Crippen LogP contribution in [0.2, 0.25) is 0 Å². The third kappa shape index (κ3) is 4.16. The van der Waals surface area contributed by atoms with Crippen molar-refractivity contribution >= 4 is 39.5 Å². The second-order valence-corrected chi connectivity index (χ2v) is 6.79. The van der Waals surface area contributed by atoms with Crippen LogP contribution < -0.4 is 0 Å². The zero-order chi connectivity index (χ0) is 14.4. The summed E-state index contributed by atoms with van der Waals surface area (Å²) in [7, 11) is 0. The smallest absolute Gasteiger partial charge is 0.123 e. The standard InChI is InChI=1S/C17H18FIS/c1-2-13(5-3-4-12-19)16-10-11-17(20-16)14-6-8-15(18)9-7-14/h2,6-11H,3-5,12H2,1H3. The summed E-state index contributed by atoms with van der Waals surface area (Å²) < 4.78 is 14.2. The lowest BCUT2D eigenvalue weighted by Crippen LogP contribution is -1.82. The summed E-state index contributed by atoms with van der Waals surface area (Å²) in [6.45, 7) is 2.11. The highest BCUT2D eigenvalue weighted by atomic mass is 127. The summed E-state index contributed by atoms with van der Waals surface area (Å²) in [6.07, 6.45) is 5.87. The number of thiophene rings is 1. The van der Waals surface area contributed by atoms with Crippen molar-refractivity contribution in [2.45, 2.75) is 26.2 Å². The first-order chi connectivity index (χ1) is 9.74. The van der Waals surface area contributed by atoms with E-state index in [1.165, 1.54) is 44.7 Å². The molecular formula is C17H18FIS. The lowest BCUT2D eigenvalue weighted by atomic mass is 10.1. The van der Waals surface area contributed by atoms with Crippen molar-refractivity contribution in [3.63, 3.8) is 0 Å². The van der Waals surface area contributed by atoms with Crippen LogP contribution >= 0.6 is 33.9 Å². The van der Waals surface area contributed by atoms with Crippen LogP contribution in [0, 0.1) is 5.82 Å². The van der Waals surface area contributed by atoms with E-state index in [0.29, 0.717) is 0 Å². The molecule has 0 spiro atoms. The van der Waals surface area contributed by atoms with E-state index < -0.39 is 0 Å². The fraction of sp³-hybridized carbons (Fsp3) is 0.294. The van der Waals surface area contributed by atoms with Gasteiger partial charge in [0.2, 0.25) is 0 Å². The molecule has 0 unspecified atom stereocenters. The monoisotopic (exact) mass is 400 g/mol. The fourth-order valence-electron chi connectivity index (χ4n) is 2.10. The molecule has 2 rings (SSSR count). The maximum atomic E-state index is 13.0. The molecule has 0 aliphatic rings. The molecular weight excluding hydrogens is 382 g/mol. The first kappa shape index (κ1) is 15.7. The average Bonchev–Trinajstić information content (AvgIpc) is 2.94. The molecule has 0 atom stereocenters. The molecule has 0 bridgehead atoms. The van der Waals surface area contributed by atoms with Crippen LogP contribution in [0.1, 0.15) is 31.1 Å². The van der Waals surface area contributed by atoms with Gasteiger partial charge in [0.1, 0.15) is 5.82 Å². The lowest BCUT2D eigenvalue weighted by Gasteiger charge is -2.03. The summed E-state index contributed by atoms with van der Waals surface area (Å²) in [5.41, 5.74) is 2.51. The van der Waals surface area contributed by atoms with E-state index in [2.05, 4.69) is 47.7 Å². The number of allylic oxidation sites excluding steroid dienone is 2. The van der Waals surface area contributed by atoms with Crippen molar-refractivity contribution < 1.29 is 4.39 Å². The molecule has 2 aromatic rings. The summed E-state index contributed by atoms with van der Waals surface area (Å²) in [5, 5.41) is 0. The molecule has 0 fully saturated rings. The van der Waals surface area contributed by atoms with Crippen molar-refractivity contribution in [2.24, 2.45) is 0 Å². The maximum absolute atomic E-state index is 13.0. The molecule has 0 saturated heterocycles. The highest BCUT2D eigenvalue weighted by Crippen LogP contribution is 2.33. The van der Waals surface area contributed by atoms with Crippen LogP contribution in [0.4, 0.5) is 4.39 Å². The topological polar surface area (TPSA) is 0 Å².